The molecule has 4 nitrogen and oxygen atoms in total. The van der Waals surface area contributed by atoms with Crippen molar-refractivity contribution in [3.05, 3.63) is 28.6 Å². The zero-order valence-corrected chi connectivity index (χ0v) is 11.8. The predicted octanol–water partition coefficient (Wildman–Crippen LogP) is 2.93. The van der Waals surface area contributed by atoms with Gasteiger partial charge in [0.2, 0.25) is 0 Å². The van der Waals surface area contributed by atoms with E-state index in [2.05, 4.69) is 27.8 Å². The zero-order chi connectivity index (χ0) is 12.7. The largest absolute Gasteiger partial charge is 0.486 e. The molecule has 2 heterocycles. The Bertz CT molecular complexity index is 607. The fourth-order valence-electron chi connectivity index (χ4n) is 2.04. The molecule has 18 heavy (non-hydrogen) atoms. The minimum atomic E-state index is 0.596. The van der Waals surface area contributed by atoms with E-state index >= 15 is 0 Å². The van der Waals surface area contributed by atoms with Crippen LogP contribution in [0, 0.1) is 6.92 Å². The van der Waals surface area contributed by atoms with Gasteiger partial charge in [-0.15, -0.1) is 0 Å². The number of hydrogen-bond acceptors (Lipinski definition) is 3. The number of ether oxygens (including phenoxy) is 2. The second-order valence-corrected chi connectivity index (χ2v) is 5.06. The zero-order valence-electron chi connectivity index (χ0n) is 10.2. The number of halogens is 1. The minimum Gasteiger partial charge on any atom is -0.486 e. The van der Waals surface area contributed by atoms with Crippen LogP contribution in [0.5, 0.6) is 11.5 Å². The summed E-state index contributed by atoms with van der Waals surface area (Å²) in [5, 5.41) is 0. The molecular formula is C13H13BrN2O2. The van der Waals surface area contributed by atoms with Crippen LogP contribution in [-0.4, -0.2) is 22.8 Å². The molecule has 1 aliphatic rings. The standard InChI is InChI=1S/C13H13BrN2O2/c1-8-5-10-11(18-4-3-17-10)6-9(8)12-13(14)16(2)7-15-12/h5-7H,3-4H2,1-2H3. The molecule has 0 unspecified atom stereocenters. The first-order chi connectivity index (χ1) is 8.66. The lowest BCUT2D eigenvalue weighted by atomic mass is 10.0. The van der Waals surface area contributed by atoms with Crippen LogP contribution in [0.1, 0.15) is 5.56 Å². The van der Waals surface area contributed by atoms with Gasteiger partial charge >= 0.3 is 0 Å². The van der Waals surface area contributed by atoms with E-state index in [1.807, 2.05) is 23.7 Å². The Hall–Kier alpha value is -1.49. The fourth-order valence-corrected chi connectivity index (χ4v) is 2.45. The van der Waals surface area contributed by atoms with Gasteiger partial charge in [0, 0.05) is 12.6 Å². The number of benzene rings is 1. The molecule has 0 aliphatic carbocycles. The highest BCUT2D eigenvalue weighted by Gasteiger charge is 2.18. The van der Waals surface area contributed by atoms with E-state index in [0.29, 0.717) is 13.2 Å². The van der Waals surface area contributed by atoms with Crippen LogP contribution >= 0.6 is 15.9 Å². The Morgan fingerprint density at radius 3 is 2.50 bits per heavy atom. The van der Waals surface area contributed by atoms with Crippen LogP contribution in [0.15, 0.2) is 23.1 Å². The van der Waals surface area contributed by atoms with Gasteiger partial charge in [-0.05, 0) is 40.5 Å². The maximum atomic E-state index is 5.61. The van der Waals surface area contributed by atoms with Gasteiger partial charge in [0.1, 0.15) is 23.5 Å². The molecule has 1 aromatic carbocycles. The summed E-state index contributed by atoms with van der Waals surface area (Å²) in [5.41, 5.74) is 3.11. The first kappa shape index (κ1) is 11.6. The molecule has 94 valence electrons. The van der Waals surface area contributed by atoms with Crippen molar-refractivity contribution in [2.45, 2.75) is 6.92 Å². The monoisotopic (exact) mass is 308 g/mol. The second kappa shape index (κ2) is 4.31. The summed E-state index contributed by atoms with van der Waals surface area (Å²) >= 11 is 3.55. The molecular weight excluding hydrogens is 296 g/mol. The van der Waals surface area contributed by atoms with Gasteiger partial charge in [0.25, 0.3) is 0 Å². The third-order valence-electron chi connectivity index (χ3n) is 3.01. The van der Waals surface area contributed by atoms with Crippen molar-refractivity contribution in [2.75, 3.05) is 13.2 Å². The molecule has 0 bridgehead atoms. The lowest BCUT2D eigenvalue weighted by molar-refractivity contribution is 0.171. The lowest BCUT2D eigenvalue weighted by Gasteiger charge is -2.20. The molecule has 3 rings (SSSR count). The summed E-state index contributed by atoms with van der Waals surface area (Å²) in [6, 6.07) is 4.00. The fraction of sp³-hybridized carbons (Fsp3) is 0.308. The molecule has 0 saturated carbocycles. The highest BCUT2D eigenvalue weighted by molar-refractivity contribution is 9.10. The van der Waals surface area contributed by atoms with Crippen LogP contribution < -0.4 is 9.47 Å². The summed E-state index contributed by atoms with van der Waals surface area (Å²) in [7, 11) is 1.95. The van der Waals surface area contributed by atoms with Gasteiger partial charge in [0.05, 0.1) is 6.33 Å². The Morgan fingerprint density at radius 2 is 1.89 bits per heavy atom. The van der Waals surface area contributed by atoms with E-state index in [4.69, 9.17) is 9.47 Å². The summed E-state index contributed by atoms with van der Waals surface area (Å²) in [5.74, 6) is 1.61. The topological polar surface area (TPSA) is 36.3 Å². The minimum absolute atomic E-state index is 0.596. The molecule has 0 saturated heterocycles. The van der Waals surface area contributed by atoms with Gasteiger partial charge in [-0.1, -0.05) is 0 Å². The van der Waals surface area contributed by atoms with Gasteiger partial charge in [-0.25, -0.2) is 4.98 Å². The van der Waals surface area contributed by atoms with Crippen molar-refractivity contribution < 1.29 is 9.47 Å². The van der Waals surface area contributed by atoms with Gasteiger partial charge in [-0.2, -0.15) is 0 Å². The van der Waals surface area contributed by atoms with Gasteiger partial charge in [0.15, 0.2) is 11.5 Å². The SMILES string of the molecule is Cc1cc2c(cc1-c1ncn(C)c1Br)OCCO2. The van der Waals surface area contributed by atoms with Crippen molar-refractivity contribution in [3.8, 4) is 22.8 Å². The van der Waals surface area contributed by atoms with E-state index in [1.165, 1.54) is 0 Å². The molecule has 0 spiro atoms. The van der Waals surface area contributed by atoms with E-state index < -0.39 is 0 Å². The molecule has 0 radical (unpaired) electrons. The van der Waals surface area contributed by atoms with Crippen molar-refractivity contribution >= 4 is 15.9 Å². The summed E-state index contributed by atoms with van der Waals surface area (Å²) in [4.78, 5) is 4.42. The van der Waals surface area contributed by atoms with Crippen LogP contribution in [-0.2, 0) is 7.05 Å². The third-order valence-corrected chi connectivity index (χ3v) is 3.94. The van der Waals surface area contributed by atoms with Crippen LogP contribution in [0.3, 0.4) is 0 Å². The Balaban J connectivity index is 2.15. The average Bonchev–Trinajstić information content (AvgIpc) is 2.69. The molecule has 2 aromatic rings. The quantitative estimate of drug-likeness (QED) is 0.812. The van der Waals surface area contributed by atoms with Crippen molar-refractivity contribution in [1.29, 1.82) is 0 Å². The average molecular weight is 309 g/mol. The van der Waals surface area contributed by atoms with Crippen LogP contribution in [0.25, 0.3) is 11.3 Å². The number of rotatable bonds is 1. The number of fused-ring (bicyclic) bond motifs is 1. The van der Waals surface area contributed by atoms with Crippen LogP contribution in [0.2, 0.25) is 0 Å². The first-order valence-electron chi connectivity index (χ1n) is 5.74. The lowest BCUT2D eigenvalue weighted by Crippen LogP contribution is -2.15. The van der Waals surface area contributed by atoms with Crippen molar-refractivity contribution in [2.24, 2.45) is 7.05 Å². The molecule has 1 aromatic heterocycles. The molecule has 0 fully saturated rings. The van der Waals surface area contributed by atoms with E-state index in [-0.39, 0.29) is 0 Å². The maximum Gasteiger partial charge on any atom is 0.162 e. The second-order valence-electron chi connectivity index (χ2n) is 4.31. The Kier molecular flexibility index (Phi) is 2.78. The van der Waals surface area contributed by atoms with Crippen LogP contribution in [0.4, 0.5) is 0 Å². The van der Waals surface area contributed by atoms with Crippen molar-refractivity contribution in [1.82, 2.24) is 9.55 Å². The molecule has 1 aliphatic heterocycles. The number of aryl methyl sites for hydroxylation is 2. The highest BCUT2D eigenvalue weighted by atomic mass is 79.9. The number of hydrogen-bond donors (Lipinski definition) is 0. The third kappa shape index (κ3) is 1.79. The normalized spacial score (nSPS) is 13.7. The summed E-state index contributed by atoms with van der Waals surface area (Å²) < 4.78 is 14.1. The number of aromatic nitrogens is 2. The van der Waals surface area contributed by atoms with Crippen molar-refractivity contribution in [3.63, 3.8) is 0 Å². The Labute approximate surface area is 114 Å². The summed E-state index contributed by atoms with van der Waals surface area (Å²) in [6.07, 6.45) is 1.79. The number of nitrogens with zero attached hydrogens (tertiary/aromatic N) is 2. The number of imidazole rings is 1. The first-order valence-corrected chi connectivity index (χ1v) is 6.53. The molecule has 5 heteroatoms. The molecule has 0 atom stereocenters. The van der Waals surface area contributed by atoms with E-state index in [9.17, 15) is 0 Å². The maximum absolute atomic E-state index is 5.61. The Morgan fingerprint density at radius 1 is 1.22 bits per heavy atom. The van der Waals surface area contributed by atoms with E-state index in [1.54, 1.807) is 6.33 Å². The highest BCUT2D eigenvalue weighted by Crippen LogP contribution is 2.38. The van der Waals surface area contributed by atoms with E-state index in [0.717, 1.165) is 32.9 Å². The predicted molar refractivity (Wildman–Crippen MR) is 72.1 cm³/mol. The molecule has 0 N–H and O–H groups in total. The molecule has 0 amide bonds. The summed E-state index contributed by atoms with van der Waals surface area (Å²) in [6.45, 7) is 3.26. The van der Waals surface area contributed by atoms with Gasteiger partial charge in [-0.3, -0.25) is 0 Å². The smallest absolute Gasteiger partial charge is 0.162 e. The van der Waals surface area contributed by atoms with Gasteiger partial charge < -0.3 is 14.0 Å².